The van der Waals surface area contributed by atoms with Gasteiger partial charge in [0.15, 0.2) is 0 Å². The lowest BCUT2D eigenvalue weighted by Gasteiger charge is -2.12. The molecule has 0 spiro atoms. The molecule has 0 aliphatic heterocycles. The van der Waals surface area contributed by atoms with Gasteiger partial charge in [-0.05, 0) is 40.8 Å². The summed E-state index contributed by atoms with van der Waals surface area (Å²) in [7, 11) is 0. The monoisotopic (exact) mass is 293 g/mol. The number of aryl methyl sites for hydroxylation is 1. The lowest BCUT2D eigenvalue weighted by Crippen LogP contribution is -1.98. The van der Waals surface area contributed by atoms with E-state index in [1.807, 2.05) is 55.5 Å². The Morgan fingerprint density at radius 1 is 1.23 bits per heavy atom. The molecule has 0 radical (unpaired) electrons. The van der Waals surface area contributed by atoms with Crippen LogP contribution < -0.4 is 4.74 Å². The summed E-state index contributed by atoms with van der Waals surface area (Å²) in [6, 6.07) is 15.5. The van der Waals surface area contributed by atoms with Crippen molar-refractivity contribution in [2.45, 2.75) is 13.5 Å². The van der Waals surface area contributed by atoms with Gasteiger partial charge in [-0.1, -0.05) is 48.5 Å². The van der Waals surface area contributed by atoms with Crippen LogP contribution >= 0.6 is 0 Å². The van der Waals surface area contributed by atoms with Gasteiger partial charge in [-0.2, -0.15) is 0 Å². The molecule has 5 nitrogen and oxygen atoms in total. The Bertz CT molecular complexity index is 733. The van der Waals surface area contributed by atoms with E-state index in [4.69, 9.17) is 10.3 Å². The first-order valence-electron chi connectivity index (χ1n) is 6.74. The quantitative estimate of drug-likeness (QED) is 0.354. The van der Waals surface area contributed by atoms with Crippen LogP contribution in [0, 0.1) is 6.92 Å². The molecule has 0 fully saturated rings. The fraction of sp³-hybridized carbons (Fsp3) is 0.118. The van der Waals surface area contributed by atoms with Gasteiger partial charge in [-0.15, -0.1) is 0 Å². The first kappa shape index (κ1) is 15.4. The highest BCUT2D eigenvalue weighted by molar-refractivity contribution is 5.92. The topological polar surface area (TPSA) is 75.1 Å². The minimum atomic E-state index is -0.641. The van der Waals surface area contributed by atoms with Crippen LogP contribution in [0.1, 0.15) is 16.7 Å². The van der Waals surface area contributed by atoms with Crippen LogP contribution in [0.4, 0.5) is 0 Å². The second kappa shape index (κ2) is 7.67. The molecule has 2 aromatic rings. The van der Waals surface area contributed by atoms with Gasteiger partial charge in [0.05, 0.1) is 0 Å². The van der Waals surface area contributed by atoms with Crippen molar-refractivity contribution in [1.82, 2.24) is 0 Å². The minimum Gasteiger partial charge on any atom is -0.488 e. The van der Waals surface area contributed by atoms with E-state index in [1.54, 1.807) is 6.08 Å². The van der Waals surface area contributed by atoms with Crippen molar-refractivity contribution in [3.63, 3.8) is 0 Å². The summed E-state index contributed by atoms with van der Waals surface area (Å²) in [5, 5.41) is 3.00. The van der Waals surface area contributed by atoms with Gasteiger partial charge in [0.25, 0.3) is 0 Å². The van der Waals surface area contributed by atoms with Gasteiger partial charge in [-0.25, -0.2) is 0 Å². The first-order chi connectivity index (χ1) is 10.7. The van der Waals surface area contributed by atoms with E-state index in [1.165, 1.54) is 6.08 Å². The van der Waals surface area contributed by atoms with Crippen LogP contribution in [0.15, 0.2) is 59.7 Å². The van der Waals surface area contributed by atoms with E-state index in [0.717, 1.165) is 16.7 Å². The number of hydrogen-bond acceptors (Lipinski definition) is 2. The SMILES string of the molecule is Cc1cccc(/C=C\C(=O)N=[N+]=[N-])c1OCc1ccccc1. The van der Waals surface area contributed by atoms with Crippen LogP contribution in [0.2, 0.25) is 0 Å². The van der Waals surface area contributed by atoms with Crippen LogP contribution in [0.25, 0.3) is 16.5 Å². The normalized spacial score (nSPS) is 10.2. The smallest absolute Gasteiger partial charge is 0.242 e. The number of azide groups is 1. The second-order valence-electron chi connectivity index (χ2n) is 4.63. The lowest BCUT2D eigenvalue weighted by atomic mass is 10.1. The van der Waals surface area contributed by atoms with Gasteiger partial charge < -0.3 is 4.74 Å². The molecular formula is C17H15N3O2. The van der Waals surface area contributed by atoms with E-state index >= 15 is 0 Å². The molecule has 0 unspecified atom stereocenters. The van der Waals surface area contributed by atoms with Crippen molar-refractivity contribution < 1.29 is 9.53 Å². The van der Waals surface area contributed by atoms with E-state index in [2.05, 4.69) is 10.0 Å². The van der Waals surface area contributed by atoms with Crippen molar-refractivity contribution in [1.29, 1.82) is 0 Å². The Kier molecular flexibility index (Phi) is 5.35. The zero-order valence-corrected chi connectivity index (χ0v) is 12.1. The Labute approximate surface area is 128 Å². The van der Waals surface area contributed by atoms with Gasteiger partial charge in [0.1, 0.15) is 12.4 Å². The molecule has 0 atom stereocenters. The maximum atomic E-state index is 11.2. The standard InChI is InChI=1S/C17H15N3O2/c1-13-6-5-9-15(10-11-16(21)19-20-18)17(13)22-12-14-7-3-2-4-8-14/h2-11H,12H2,1H3/b11-10-. The number of carbonyl (C=O) groups excluding carboxylic acids is 1. The summed E-state index contributed by atoms with van der Waals surface area (Å²) >= 11 is 0. The lowest BCUT2D eigenvalue weighted by molar-refractivity contribution is -0.113. The van der Waals surface area contributed by atoms with Gasteiger partial charge in [-0.3, -0.25) is 4.79 Å². The Balaban J connectivity index is 2.19. The van der Waals surface area contributed by atoms with E-state index in [-0.39, 0.29) is 0 Å². The molecule has 0 bridgehead atoms. The van der Waals surface area contributed by atoms with E-state index < -0.39 is 5.91 Å². The number of rotatable bonds is 5. The number of benzene rings is 2. The van der Waals surface area contributed by atoms with E-state index in [0.29, 0.717) is 12.4 Å². The largest absolute Gasteiger partial charge is 0.488 e. The molecule has 2 rings (SSSR count). The second-order valence-corrected chi connectivity index (χ2v) is 4.63. The maximum absolute atomic E-state index is 11.2. The van der Waals surface area contributed by atoms with Crippen molar-refractivity contribution in [2.24, 2.45) is 5.11 Å². The van der Waals surface area contributed by atoms with Gasteiger partial charge in [0, 0.05) is 10.5 Å². The molecule has 0 saturated heterocycles. The minimum absolute atomic E-state index is 0.441. The van der Waals surface area contributed by atoms with Crippen molar-refractivity contribution in [3.05, 3.63) is 81.7 Å². The summed E-state index contributed by atoms with van der Waals surface area (Å²) in [6.07, 6.45) is 2.81. The molecule has 0 N–H and O–H groups in total. The third-order valence-corrected chi connectivity index (χ3v) is 3.02. The van der Waals surface area contributed by atoms with Crippen LogP contribution in [-0.4, -0.2) is 5.91 Å². The Morgan fingerprint density at radius 3 is 2.73 bits per heavy atom. The summed E-state index contributed by atoms with van der Waals surface area (Å²) in [6.45, 7) is 2.38. The molecular weight excluding hydrogens is 278 g/mol. The predicted molar refractivity (Wildman–Crippen MR) is 85.1 cm³/mol. The van der Waals surface area contributed by atoms with Crippen LogP contribution in [-0.2, 0) is 11.4 Å². The third kappa shape index (κ3) is 4.23. The zero-order chi connectivity index (χ0) is 15.8. The van der Waals surface area contributed by atoms with Gasteiger partial charge >= 0.3 is 0 Å². The highest BCUT2D eigenvalue weighted by atomic mass is 16.5. The maximum Gasteiger partial charge on any atom is 0.242 e. The number of hydrogen-bond donors (Lipinski definition) is 0. The van der Waals surface area contributed by atoms with Crippen molar-refractivity contribution in [3.8, 4) is 5.75 Å². The summed E-state index contributed by atoms with van der Waals surface area (Å²) < 4.78 is 5.88. The molecule has 0 aliphatic carbocycles. The average Bonchev–Trinajstić information content (AvgIpc) is 2.53. The Morgan fingerprint density at radius 2 is 2.00 bits per heavy atom. The van der Waals surface area contributed by atoms with Crippen LogP contribution in [0.5, 0.6) is 5.75 Å². The van der Waals surface area contributed by atoms with Crippen LogP contribution in [0.3, 0.4) is 0 Å². The average molecular weight is 293 g/mol. The number of para-hydroxylation sites is 1. The fourth-order valence-corrected chi connectivity index (χ4v) is 1.97. The zero-order valence-electron chi connectivity index (χ0n) is 12.1. The number of nitrogens with zero attached hydrogens (tertiary/aromatic N) is 3. The molecule has 2 aromatic carbocycles. The summed E-state index contributed by atoms with van der Waals surface area (Å²) in [5.74, 6) is 0.0642. The van der Waals surface area contributed by atoms with E-state index in [9.17, 15) is 4.79 Å². The van der Waals surface area contributed by atoms with Crippen molar-refractivity contribution >= 4 is 12.0 Å². The molecule has 0 aromatic heterocycles. The molecule has 0 heterocycles. The van der Waals surface area contributed by atoms with Gasteiger partial charge in [0.2, 0.25) is 5.91 Å². The summed E-state index contributed by atoms with van der Waals surface area (Å²) in [5.41, 5.74) is 11.0. The molecule has 110 valence electrons. The highest BCUT2D eigenvalue weighted by Crippen LogP contribution is 2.25. The number of carbonyl (C=O) groups is 1. The predicted octanol–water partition coefficient (Wildman–Crippen LogP) is 4.42. The van der Waals surface area contributed by atoms with Crippen molar-refractivity contribution in [2.75, 3.05) is 0 Å². The molecule has 22 heavy (non-hydrogen) atoms. The molecule has 5 heteroatoms. The molecule has 0 saturated carbocycles. The third-order valence-electron chi connectivity index (χ3n) is 3.02. The highest BCUT2D eigenvalue weighted by Gasteiger charge is 2.05. The number of ether oxygens (including phenoxy) is 1. The Hall–Kier alpha value is -3.04. The first-order valence-corrected chi connectivity index (χ1v) is 6.74. The molecule has 1 amide bonds. The fourth-order valence-electron chi connectivity index (χ4n) is 1.97. The molecule has 0 aliphatic rings. The summed E-state index contributed by atoms with van der Waals surface area (Å²) in [4.78, 5) is 13.7. The number of amides is 1.